The van der Waals surface area contributed by atoms with Crippen molar-refractivity contribution >= 4 is 27.3 Å². The van der Waals surface area contributed by atoms with Gasteiger partial charge in [-0.25, -0.2) is 4.39 Å². The van der Waals surface area contributed by atoms with E-state index in [2.05, 4.69) is 47.2 Å². The van der Waals surface area contributed by atoms with Gasteiger partial charge in [-0.05, 0) is 35.9 Å². The molecule has 0 amide bonds. The summed E-state index contributed by atoms with van der Waals surface area (Å²) < 4.78 is 14.3. The topological polar surface area (TPSA) is 38.0 Å². The van der Waals surface area contributed by atoms with Gasteiger partial charge in [0.2, 0.25) is 0 Å². The standard InChI is InChI=1S/C16H18BrFN2/c1-16(2,11-3-5-12(17)6-4-11)10-20-15-9-13(18)7-8-14(15)19/h3-9,20H,10,19H2,1-2H3. The van der Waals surface area contributed by atoms with Crippen molar-refractivity contribution in [2.24, 2.45) is 0 Å². The maximum atomic E-state index is 13.2. The van der Waals surface area contributed by atoms with E-state index in [9.17, 15) is 4.39 Å². The first kappa shape index (κ1) is 14.9. The number of hydrogen-bond donors (Lipinski definition) is 2. The Labute approximate surface area is 127 Å². The Morgan fingerprint density at radius 3 is 2.45 bits per heavy atom. The molecule has 0 saturated carbocycles. The van der Waals surface area contributed by atoms with Gasteiger partial charge in [0, 0.05) is 16.4 Å². The van der Waals surface area contributed by atoms with E-state index < -0.39 is 0 Å². The minimum Gasteiger partial charge on any atom is -0.397 e. The normalized spacial score (nSPS) is 11.4. The first-order valence-corrected chi connectivity index (χ1v) is 7.23. The van der Waals surface area contributed by atoms with Crippen molar-refractivity contribution in [1.82, 2.24) is 0 Å². The summed E-state index contributed by atoms with van der Waals surface area (Å²) in [7, 11) is 0. The van der Waals surface area contributed by atoms with Crippen LogP contribution in [0.1, 0.15) is 19.4 Å². The molecule has 4 heteroatoms. The van der Waals surface area contributed by atoms with Gasteiger partial charge in [0.05, 0.1) is 11.4 Å². The fourth-order valence-corrected chi connectivity index (χ4v) is 2.27. The summed E-state index contributed by atoms with van der Waals surface area (Å²) in [6.07, 6.45) is 0. The quantitative estimate of drug-likeness (QED) is 0.803. The van der Waals surface area contributed by atoms with E-state index in [0.29, 0.717) is 17.9 Å². The highest BCUT2D eigenvalue weighted by atomic mass is 79.9. The molecule has 20 heavy (non-hydrogen) atoms. The summed E-state index contributed by atoms with van der Waals surface area (Å²) in [6.45, 7) is 4.94. The molecule has 0 aliphatic rings. The SMILES string of the molecule is CC(C)(CNc1cc(F)ccc1N)c1ccc(Br)cc1. The molecule has 0 heterocycles. The molecule has 2 aromatic carbocycles. The Morgan fingerprint density at radius 2 is 1.80 bits per heavy atom. The third-order valence-corrected chi connectivity index (χ3v) is 3.89. The highest BCUT2D eigenvalue weighted by Gasteiger charge is 2.20. The van der Waals surface area contributed by atoms with E-state index in [1.165, 1.54) is 17.7 Å². The molecule has 0 aromatic heterocycles. The molecule has 0 aliphatic carbocycles. The predicted octanol–water partition coefficient (Wildman–Crippen LogP) is 4.56. The zero-order chi connectivity index (χ0) is 14.8. The summed E-state index contributed by atoms with van der Waals surface area (Å²) >= 11 is 3.43. The Hall–Kier alpha value is -1.55. The van der Waals surface area contributed by atoms with Gasteiger partial charge in [0.25, 0.3) is 0 Å². The van der Waals surface area contributed by atoms with Crippen LogP contribution in [0, 0.1) is 5.82 Å². The number of hydrogen-bond acceptors (Lipinski definition) is 2. The number of halogens is 2. The molecule has 0 atom stereocenters. The van der Waals surface area contributed by atoms with Crippen LogP contribution in [0.25, 0.3) is 0 Å². The summed E-state index contributed by atoms with van der Waals surface area (Å²) in [5.41, 5.74) is 8.16. The van der Waals surface area contributed by atoms with E-state index in [0.717, 1.165) is 4.47 Å². The van der Waals surface area contributed by atoms with E-state index >= 15 is 0 Å². The molecule has 0 spiro atoms. The molecule has 0 bridgehead atoms. The van der Waals surface area contributed by atoms with Crippen molar-refractivity contribution < 1.29 is 4.39 Å². The zero-order valence-corrected chi connectivity index (χ0v) is 13.2. The van der Waals surface area contributed by atoms with Crippen molar-refractivity contribution in [3.63, 3.8) is 0 Å². The Balaban J connectivity index is 2.12. The molecular formula is C16H18BrFN2. The maximum Gasteiger partial charge on any atom is 0.125 e. The average molecular weight is 337 g/mol. The zero-order valence-electron chi connectivity index (χ0n) is 11.6. The lowest BCUT2D eigenvalue weighted by atomic mass is 9.84. The van der Waals surface area contributed by atoms with Crippen LogP contribution >= 0.6 is 15.9 Å². The van der Waals surface area contributed by atoms with Crippen molar-refractivity contribution in [1.29, 1.82) is 0 Å². The monoisotopic (exact) mass is 336 g/mol. The molecule has 0 saturated heterocycles. The van der Waals surface area contributed by atoms with Gasteiger partial charge < -0.3 is 11.1 Å². The van der Waals surface area contributed by atoms with E-state index in [4.69, 9.17) is 5.73 Å². The van der Waals surface area contributed by atoms with Gasteiger partial charge in [0.1, 0.15) is 5.82 Å². The third-order valence-electron chi connectivity index (χ3n) is 3.36. The number of benzene rings is 2. The Bertz CT molecular complexity index is 594. The van der Waals surface area contributed by atoms with Crippen LogP contribution in [0.4, 0.5) is 15.8 Å². The van der Waals surface area contributed by atoms with Crippen LogP contribution in [0.2, 0.25) is 0 Å². The summed E-state index contributed by atoms with van der Waals surface area (Å²) in [4.78, 5) is 0. The second-order valence-corrected chi connectivity index (χ2v) is 6.39. The molecule has 0 radical (unpaired) electrons. The van der Waals surface area contributed by atoms with E-state index in [1.54, 1.807) is 6.07 Å². The van der Waals surface area contributed by atoms with Crippen LogP contribution < -0.4 is 11.1 Å². The Morgan fingerprint density at radius 1 is 1.15 bits per heavy atom. The molecule has 2 nitrogen and oxygen atoms in total. The number of nitrogen functional groups attached to an aromatic ring is 1. The highest BCUT2D eigenvalue weighted by Crippen LogP contribution is 2.27. The van der Waals surface area contributed by atoms with Crippen LogP contribution in [0.5, 0.6) is 0 Å². The molecule has 2 rings (SSSR count). The number of anilines is 2. The lowest BCUT2D eigenvalue weighted by molar-refractivity contribution is 0.556. The molecule has 106 valence electrons. The lowest BCUT2D eigenvalue weighted by Gasteiger charge is -2.26. The molecule has 0 aliphatic heterocycles. The van der Waals surface area contributed by atoms with Crippen LogP contribution in [-0.2, 0) is 5.41 Å². The molecular weight excluding hydrogens is 319 g/mol. The maximum absolute atomic E-state index is 13.2. The molecule has 2 aromatic rings. The molecule has 0 unspecified atom stereocenters. The van der Waals surface area contributed by atoms with Gasteiger partial charge in [0.15, 0.2) is 0 Å². The smallest absolute Gasteiger partial charge is 0.125 e. The fraction of sp³-hybridized carbons (Fsp3) is 0.250. The molecule has 0 fully saturated rings. The van der Waals surface area contributed by atoms with Crippen molar-refractivity contribution in [3.05, 3.63) is 58.3 Å². The van der Waals surface area contributed by atoms with Crippen molar-refractivity contribution in [2.45, 2.75) is 19.3 Å². The van der Waals surface area contributed by atoms with Gasteiger partial charge >= 0.3 is 0 Å². The predicted molar refractivity (Wildman–Crippen MR) is 86.5 cm³/mol. The van der Waals surface area contributed by atoms with Gasteiger partial charge in [-0.15, -0.1) is 0 Å². The number of nitrogens with two attached hydrogens (primary N) is 1. The average Bonchev–Trinajstić information content (AvgIpc) is 2.40. The van der Waals surface area contributed by atoms with Crippen LogP contribution in [-0.4, -0.2) is 6.54 Å². The minimum absolute atomic E-state index is 0.0839. The van der Waals surface area contributed by atoms with Crippen LogP contribution in [0.3, 0.4) is 0 Å². The van der Waals surface area contributed by atoms with Gasteiger partial charge in [-0.3, -0.25) is 0 Å². The third kappa shape index (κ3) is 3.51. The van der Waals surface area contributed by atoms with Crippen molar-refractivity contribution in [2.75, 3.05) is 17.6 Å². The van der Waals surface area contributed by atoms with E-state index in [-0.39, 0.29) is 11.2 Å². The summed E-state index contributed by atoms with van der Waals surface area (Å²) in [6, 6.07) is 12.6. The van der Waals surface area contributed by atoms with Crippen molar-refractivity contribution in [3.8, 4) is 0 Å². The minimum atomic E-state index is -0.289. The fourth-order valence-electron chi connectivity index (χ4n) is 2.00. The first-order valence-electron chi connectivity index (χ1n) is 6.43. The number of nitrogens with one attached hydrogen (secondary N) is 1. The second-order valence-electron chi connectivity index (χ2n) is 5.48. The number of rotatable bonds is 4. The van der Waals surface area contributed by atoms with E-state index in [1.807, 2.05) is 12.1 Å². The first-order chi connectivity index (χ1) is 9.38. The summed E-state index contributed by atoms with van der Waals surface area (Å²) in [5, 5.41) is 3.23. The van der Waals surface area contributed by atoms with Gasteiger partial charge in [-0.2, -0.15) is 0 Å². The van der Waals surface area contributed by atoms with Crippen LogP contribution in [0.15, 0.2) is 46.9 Å². The largest absolute Gasteiger partial charge is 0.397 e. The lowest BCUT2D eigenvalue weighted by Crippen LogP contribution is -2.27. The summed E-state index contributed by atoms with van der Waals surface area (Å²) in [5.74, 6) is -0.289. The highest BCUT2D eigenvalue weighted by molar-refractivity contribution is 9.10. The molecule has 3 N–H and O–H groups in total. The Kier molecular flexibility index (Phi) is 4.33. The van der Waals surface area contributed by atoms with Gasteiger partial charge in [-0.1, -0.05) is 41.9 Å². The second kappa shape index (κ2) is 5.83.